The van der Waals surface area contributed by atoms with Crippen LogP contribution >= 0.6 is 23.4 Å². The first-order valence-electron chi connectivity index (χ1n) is 7.04. The molecule has 4 N–H and O–H groups in total. The van der Waals surface area contributed by atoms with Gasteiger partial charge in [0.05, 0.1) is 11.4 Å². The van der Waals surface area contributed by atoms with Gasteiger partial charge >= 0.3 is 0 Å². The number of halogens is 2. The summed E-state index contributed by atoms with van der Waals surface area (Å²) in [7, 11) is 0. The summed E-state index contributed by atoms with van der Waals surface area (Å²) in [6.45, 7) is 0. The fraction of sp³-hybridized carbons (Fsp3) is 0.0588. The quantitative estimate of drug-likeness (QED) is 0.475. The zero-order valence-electron chi connectivity index (χ0n) is 12.7. The minimum Gasteiger partial charge on any atom is -1.00 e. The number of amidine groups is 1. The Balaban J connectivity index is 0.00000208. The van der Waals surface area contributed by atoms with E-state index in [1.54, 1.807) is 0 Å². The lowest BCUT2D eigenvalue weighted by atomic mass is 10.1. The molecule has 7 heteroatoms. The van der Waals surface area contributed by atoms with Gasteiger partial charge in [0.2, 0.25) is 0 Å². The lowest BCUT2D eigenvalue weighted by Crippen LogP contribution is -3.00. The molecule has 0 unspecified atom stereocenters. The van der Waals surface area contributed by atoms with Crippen molar-refractivity contribution in [3.63, 3.8) is 0 Å². The summed E-state index contributed by atoms with van der Waals surface area (Å²) in [5, 5.41) is 11.4. The Hall–Kier alpha value is -1.95. The summed E-state index contributed by atoms with van der Waals surface area (Å²) >= 11 is 7.37. The molecule has 3 rings (SSSR count). The number of hydrogen-bond acceptors (Lipinski definition) is 2. The van der Waals surface area contributed by atoms with Crippen LogP contribution in [0.4, 0.5) is 0 Å². The Morgan fingerprint density at radius 1 is 1.12 bits per heavy atom. The fourth-order valence-electron chi connectivity index (χ4n) is 2.24. The Morgan fingerprint density at radius 2 is 1.79 bits per heavy atom. The molecule has 3 aromatic rings. The van der Waals surface area contributed by atoms with Crippen LogP contribution in [0.3, 0.4) is 0 Å². The molecule has 0 saturated heterocycles. The predicted octanol–water partition coefficient (Wildman–Crippen LogP) is -0.496. The van der Waals surface area contributed by atoms with Crippen molar-refractivity contribution in [3.05, 3.63) is 71.4 Å². The van der Waals surface area contributed by atoms with Crippen molar-refractivity contribution >= 4 is 28.5 Å². The molecule has 0 aliphatic rings. The lowest BCUT2D eigenvalue weighted by Gasteiger charge is -2.01. The first-order valence-corrected chi connectivity index (χ1v) is 8.40. The monoisotopic (exact) mass is 378 g/mol. The van der Waals surface area contributed by atoms with Gasteiger partial charge in [-0.05, 0) is 36.0 Å². The topological polar surface area (TPSA) is 69.4 Å². The van der Waals surface area contributed by atoms with E-state index in [1.165, 1.54) is 11.8 Å². The van der Waals surface area contributed by atoms with Crippen molar-refractivity contribution in [1.29, 1.82) is 0 Å². The van der Waals surface area contributed by atoms with Crippen LogP contribution in [0.2, 0.25) is 5.02 Å². The van der Waals surface area contributed by atoms with Crippen LogP contribution in [0, 0.1) is 0 Å². The highest BCUT2D eigenvalue weighted by molar-refractivity contribution is 8.12. The second-order valence-corrected chi connectivity index (χ2v) is 6.47. The summed E-state index contributed by atoms with van der Waals surface area (Å²) in [4.78, 5) is 0. The molecule has 0 fully saturated rings. The van der Waals surface area contributed by atoms with Gasteiger partial charge in [-0.2, -0.15) is 5.10 Å². The first kappa shape index (κ1) is 18.4. The van der Waals surface area contributed by atoms with Crippen LogP contribution in [0.25, 0.3) is 16.9 Å². The van der Waals surface area contributed by atoms with Crippen molar-refractivity contribution in [2.45, 2.75) is 5.75 Å². The molecule has 24 heavy (non-hydrogen) atoms. The van der Waals surface area contributed by atoms with Crippen molar-refractivity contribution < 1.29 is 17.8 Å². The van der Waals surface area contributed by atoms with Gasteiger partial charge < -0.3 is 12.4 Å². The van der Waals surface area contributed by atoms with Crippen LogP contribution < -0.4 is 23.5 Å². The summed E-state index contributed by atoms with van der Waals surface area (Å²) in [6, 6.07) is 17.6. The summed E-state index contributed by atoms with van der Waals surface area (Å²) in [5.74, 6) is 0.660. The van der Waals surface area contributed by atoms with Crippen LogP contribution in [-0.4, -0.2) is 14.9 Å². The van der Waals surface area contributed by atoms with Gasteiger partial charge in [0.15, 0.2) is 0 Å². The van der Waals surface area contributed by atoms with Crippen LogP contribution in [0.5, 0.6) is 0 Å². The average molecular weight is 379 g/mol. The first-order chi connectivity index (χ1) is 11.1. The molecule has 0 aliphatic heterocycles. The van der Waals surface area contributed by atoms with Gasteiger partial charge in [0.1, 0.15) is 0 Å². The standard InChI is InChI=1S/C17H15ClN4S.ClH/c18-14-8-6-12(7-9-14)16-13(11-23-17(19)20)10-22(21-16)15-4-2-1-3-5-15;/h1-10H,11H2,(H3,19,20);1H. The molecule has 0 bridgehead atoms. The third kappa shape index (κ3) is 4.32. The Labute approximate surface area is 155 Å². The van der Waals surface area contributed by atoms with E-state index in [1.807, 2.05) is 65.5 Å². The second-order valence-electron chi connectivity index (χ2n) is 4.98. The molecular weight excluding hydrogens is 363 g/mol. The van der Waals surface area contributed by atoms with E-state index in [2.05, 4.69) is 0 Å². The number of para-hydroxylation sites is 1. The Bertz CT molecular complexity index is 816. The van der Waals surface area contributed by atoms with Crippen LogP contribution in [-0.2, 0) is 5.75 Å². The predicted molar refractivity (Wildman–Crippen MR) is 96.4 cm³/mol. The maximum Gasteiger partial charge on any atom is 0.300 e. The fourth-order valence-corrected chi connectivity index (χ4v) is 2.90. The zero-order chi connectivity index (χ0) is 16.2. The van der Waals surface area contributed by atoms with Gasteiger partial charge in [-0.25, -0.2) is 4.68 Å². The number of nitrogens with two attached hydrogens (primary N) is 2. The molecule has 0 aliphatic carbocycles. The van der Waals surface area contributed by atoms with E-state index < -0.39 is 0 Å². The van der Waals surface area contributed by atoms with Gasteiger partial charge in [0.25, 0.3) is 5.17 Å². The molecule has 2 aromatic carbocycles. The number of rotatable bonds is 4. The summed E-state index contributed by atoms with van der Waals surface area (Å²) in [6.07, 6.45) is 2.01. The van der Waals surface area contributed by atoms with E-state index in [0.717, 1.165) is 22.5 Å². The molecule has 0 atom stereocenters. The van der Waals surface area contributed by atoms with E-state index in [9.17, 15) is 0 Å². The molecule has 0 spiro atoms. The second kappa shape index (κ2) is 8.24. The van der Waals surface area contributed by atoms with E-state index in [-0.39, 0.29) is 12.4 Å². The van der Waals surface area contributed by atoms with Gasteiger partial charge in [-0.1, -0.05) is 41.9 Å². The van der Waals surface area contributed by atoms with Crippen molar-refractivity contribution in [1.82, 2.24) is 9.78 Å². The number of hydrogen-bond donors (Lipinski definition) is 2. The molecule has 1 heterocycles. The number of benzene rings is 2. The van der Waals surface area contributed by atoms with E-state index in [0.29, 0.717) is 15.9 Å². The number of thioether (sulfide) groups is 1. The van der Waals surface area contributed by atoms with Gasteiger partial charge in [-0.3, -0.25) is 11.1 Å². The third-order valence-electron chi connectivity index (χ3n) is 3.32. The van der Waals surface area contributed by atoms with Crippen LogP contribution in [0.1, 0.15) is 5.56 Å². The smallest absolute Gasteiger partial charge is 0.300 e. The third-order valence-corrected chi connectivity index (χ3v) is 4.36. The molecule has 1 aromatic heterocycles. The molecular formula is C17H16Cl2N4S. The molecule has 124 valence electrons. The largest absolute Gasteiger partial charge is 1.00 e. The van der Waals surface area contributed by atoms with Gasteiger partial charge in [-0.15, -0.1) is 0 Å². The highest BCUT2D eigenvalue weighted by atomic mass is 35.5. The molecule has 0 radical (unpaired) electrons. The molecule has 4 nitrogen and oxygen atoms in total. The lowest BCUT2D eigenvalue weighted by molar-refractivity contribution is -0.110. The molecule has 0 amide bonds. The minimum atomic E-state index is 0. The number of aromatic nitrogens is 2. The summed E-state index contributed by atoms with van der Waals surface area (Å²) < 4.78 is 1.87. The van der Waals surface area contributed by atoms with Crippen LogP contribution in [0.15, 0.2) is 60.8 Å². The zero-order valence-corrected chi connectivity index (χ0v) is 15.0. The normalized spacial score (nSPS) is 10.2. The van der Waals surface area contributed by atoms with Gasteiger partial charge in [0, 0.05) is 28.1 Å². The van der Waals surface area contributed by atoms with Crippen molar-refractivity contribution in [2.24, 2.45) is 5.73 Å². The number of nitrogens with zero attached hydrogens (tertiary/aromatic N) is 2. The Morgan fingerprint density at radius 3 is 2.42 bits per heavy atom. The van der Waals surface area contributed by atoms with Crippen molar-refractivity contribution in [2.75, 3.05) is 0 Å². The molecule has 0 saturated carbocycles. The van der Waals surface area contributed by atoms with E-state index in [4.69, 9.17) is 27.8 Å². The van der Waals surface area contributed by atoms with Crippen molar-refractivity contribution in [3.8, 4) is 16.9 Å². The highest BCUT2D eigenvalue weighted by Gasteiger charge is 2.13. The Kier molecular flexibility index (Phi) is 6.31. The maximum absolute atomic E-state index is 5.98. The summed E-state index contributed by atoms with van der Waals surface area (Å²) in [5.41, 5.74) is 9.56. The SMILES string of the molecule is NC(=[NH2+])SCc1cn(-c2ccccc2)nc1-c1ccc(Cl)cc1.[Cl-]. The average Bonchev–Trinajstić information content (AvgIpc) is 2.99. The highest BCUT2D eigenvalue weighted by Crippen LogP contribution is 2.27. The minimum absolute atomic E-state index is 0. The van der Waals surface area contributed by atoms with E-state index >= 15 is 0 Å². The maximum atomic E-state index is 5.98.